The summed E-state index contributed by atoms with van der Waals surface area (Å²) in [6.45, 7) is 0.666. The van der Waals surface area contributed by atoms with E-state index in [1.165, 1.54) is 0 Å². The molecule has 0 atom stereocenters. The summed E-state index contributed by atoms with van der Waals surface area (Å²) < 4.78 is 34.6. The number of benzene rings is 1. The first-order valence-corrected chi connectivity index (χ1v) is 8.66. The van der Waals surface area contributed by atoms with Gasteiger partial charge in [0.25, 0.3) is 0 Å². The van der Waals surface area contributed by atoms with Gasteiger partial charge in [0.15, 0.2) is 11.5 Å². The summed E-state index contributed by atoms with van der Waals surface area (Å²) >= 11 is 0. The van der Waals surface area contributed by atoms with Crippen LogP contribution < -0.4 is 9.46 Å². The van der Waals surface area contributed by atoms with E-state index < -0.39 is 10.0 Å². The molecule has 1 aliphatic rings. The first kappa shape index (κ1) is 14.2. The second-order valence-corrected chi connectivity index (χ2v) is 7.00. The Balaban J connectivity index is 1.58. The number of nitrogens with zero attached hydrogens (tertiary/aromatic N) is 3. The minimum Gasteiger partial charge on any atom is -0.493 e. The van der Waals surface area contributed by atoms with Gasteiger partial charge >= 0.3 is 0 Å². The van der Waals surface area contributed by atoms with Crippen molar-refractivity contribution >= 4 is 15.7 Å². The summed E-state index contributed by atoms with van der Waals surface area (Å²) in [5.41, 5.74) is 1.59. The van der Waals surface area contributed by atoms with Crippen LogP contribution in [0.15, 0.2) is 47.5 Å². The van der Waals surface area contributed by atoms with Gasteiger partial charge in [-0.25, -0.2) is 13.1 Å². The van der Waals surface area contributed by atoms with Gasteiger partial charge in [-0.3, -0.25) is 4.40 Å². The predicted octanol–water partition coefficient (Wildman–Crippen LogP) is 1.14. The van der Waals surface area contributed by atoms with Gasteiger partial charge in [0.05, 0.1) is 18.0 Å². The van der Waals surface area contributed by atoms with E-state index in [-0.39, 0.29) is 11.4 Å². The van der Waals surface area contributed by atoms with Crippen LogP contribution in [0.1, 0.15) is 11.4 Å². The van der Waals surface area contributed by atoms with Crippen LogP contribution in [0, 0.1) is 0 Å². The number of aromatic nitrogens is 3. The highest BCUT2D eigenvalue weighted by atomic mass is 32.2. The summed E-state index contributed by atoms with van der Waals surface area (Å²) in [5.74, 6) is 1.29. The van der Waals surface area contributed by atoms with Crippen LogP contribution >= 0.6 is 0 Å². The molecule has 0 fully saturated rings. The Morgan fingerprint density at radius 2 is 2.13 bits per heavy atom. The lowest BCUT2D eigenvalue weighted by Crippen LogP contribution is -2.24. The molecule has 2 aromatic heterocycles. The maximum atomic E-state index is 12.5. The minimum absolute atomic E-state index is 0.0705. The van der Waals surface area contributed by atoms with Crippen molar-refractivity contribution in [1.29, 1.82) is 0 Å². The molecule has 0 aliphatic carbocycles. The predicted molar refractivity (Wildman–Crippen MR) is 82.7 cm³/mol. The number of hydrogen-bond acceptors (Lipinski definition) is 5. The third-order valence-corrected chi connectivity index (χ3v) is 5.17. The van der Waals surface area contributed by atoms with Gasteiger partial charge in [-0.15, -0.1) is 10.2 Å². The second-order valence-electron chi connectivity index (χ2n) is 5.24. The standard InChI is InChI=1S/C15H14N4O3S/c20-23(21,12-4-5-13-11(9-12)6-8-22-13)16-10-15-18-17-14-3-1-2-7-19(14)15/h1-5,7,9,16H,6,8,10H2. The summed E-state index contributed by atoms with van der Waals surface area (Å²) in [4.78, 5) is 0.232. The fourth-order valence-corrected chi connectivity index (χ4v) is 3.61. The number of fused-ring (bicyclic) bond motifs is 2. The molecular weight excluding hydrogens is 316 g/mol. The van der Waals surface area contributed by atoms with E-state index in [9.17, 15) is 8.42 Å². The number of nitrogens with one attached hydrogen (secondary N) is 1. The van der Waals surface area contributed by atoms with E-state index in [0.29, 0.717) is 18.1 Å². The topological polar surface area (TPSA) is 85.6 Å². The van der Waals surface area contributed by atoms with E-state index in [1.54, 1.807) is 28.8 Å². The molecule has 118 valence electrons. The van der Waals surface area contributed by atoms with Gasteiger partial charge in [-0.2, -0.15) is 0 Å². The molecule has 4 rings (SSSR count). The number of ether oxygens (including phenoxy) is 1. The van der Waals surface area contributed by atoms with E-state index in [0.717, 1.165) is 17.7 Å². The van der Waals surface area contributed by atoms with Crippen molar-refractivity contribution < 1.29 is 13.2 Å². The molecule has 1 N–H and O–H groups in total. The summed E-state index contributed by atoms with van der Waals surface area (Å²) in [6.07, 6.45) is 2.53. The zero-order valence-electron chi connectivity index (χ0n) is 12.1. The third-order valence-electron chi connectivity index (χ3n) is 3.78. The molecule has 0 bridgehead atoms. The van der Waals surface area contributed by atoms with Crippen LogP contribution in [-0.4, -0.2) is 29.6 Å². The number of sulfonamides is 1. The number of pyridine rings is 1. The second kappa shape index (κ2) is 5.32. The van der Waals surface area contributed by atoms with Crippen LogP contribution in [0.25, 0.3) is 5.65 Å². The number of hydrogen-bond donors (Lipinski definition) is 1. The smallest absolute Gasteiger partial charge is 0.240 e. The van der Waals surface area contributed by atoms with Gasteiger partial charge in [0.1, 0.15) is 5.75 Å². The van der Waals surface area contributed by atoms with Crippen LogP contribution in [0.3, 0.4) is 0 Å². The Labute approximate surface area is 133 Å². The van der Waals surface area contributed by atoms with Gasteiger partial charge in [0.2, 0.25) is 10.0 Å². The normalized spacial score (nSPS) is 13.9. The summed E-state index contributed by atoms with van der Waals surface area (Å²) in [6, 6.07) is 10.4. The summed E-state index contributed by atoms with van der Waals surface area (Å²) in [5, 5.41) is 8.02. The maximum absolute atomic E-state index is 12.5. The molecule has 0 saturated heterocycles. The molecule has 3 aromatic rings. The molecule has 1 aliphatic heterocycles. The molecule has 7 nitrogen and oxygen atoms in total. The lowest BCUT2D eigenvalue weighted by Gasteiger charge is -2.07. The highest BCUT2D eigenvalue weighted by Crippen LogP contribution is 2.27. The molecule has 0 spiro atoms. The fourth-order valence-electron chi connectivity index (χ4n) is 2.58. The minimum atomic E-state index is -3.61. The molecule has 0 unspecified atom stereocenters. The van der Waals surface area contributed by atoms with E-state index in [1.807, 2.05) is 18.2 Å². The maximum Gasteiger partial charge on any atom is 0.240 e. The molecule has 23 heavy (non-hydrogen) atoms. The van der Waals surface area contributed by atoms with E-state index >= 15 is 0 Å². The molecular formula is C15H14N4O3S. The van der Waals surface area contributed by atoms with Crippen LogP contribution in [-0.2, 0) is 23.0 Å². The highest BCUT2D eigenvalue weighted by molar-refractivity contribution is 7.89. The van der Waals surface area contributed by atoms with E-state index in [4.69, 9.17) is 4.74 Å². The van der Waals surface area contributed by atoms with Crippen molar-refractivity contribution in [1.82, 2.24) is 19.3 Å². The zero-order valence-corrected chi connectivity index (χ0v) is 13.0. The Morgan fingerprint density at radius 1 is 1.22 bits per heavy atom. The first-order valence-electron chi connectivity index (χ1n) is 7.17. The Morgan fingerprint density at radius 3 is 3.04 bits per heavy atom. The van der Waals surface area contributed by atoms with Crippen molar-refractivity contribution in [2.75, 3.05) is 6.61 Å². The lowest BCUT2D eigenvalue weighted by atomic mass is 10.2. The molecule has 0 saturated carbocycles. The molecule has 3 heterocycles. The van der Waals surface area contributed by atoms with Crippen molar-refractivity contribution in [3.8, 4) is 5.75 Å². The molecule has 0 amide bonds. The fraction of sp³-hybridized carbons (Fsp3) is 0.200. The highest BCUT2D eigenvalue weighted by Gasteiger charge is 2.19. The van der Waals surface area contributed by atoms with Gasteiger partial charge < -0.3 is 4.74 Å². The quantitative estimate of drug-likeness (QED) is 0.775. The first-order chi connectivity index (χ1) is 11.1. The van der Waals surface area contributed by atoms with Crippen molar-refractivity contribution in [2.24, 2.45) is 0 Å². The van der Waals surface area contributed by atoms with Crippen molar-refractivity contribution in [3.63, 3.8) is 0 Å². The molecule has 1 aromatic carbocycles. The Kier molecular flexibility index (Phi) is 3.28. The average molecular weight is 330 g/mol. The average Bonchev–Trinajstić information content (AvgIpc) is 3.19. The monoisotopic (exact) mass is 330 g/mol. The SMILES string of the molecule is O=S(=O)(NCc1nnc2ccccn12)c1ccc2c(c1)CCO2. The van der Waals surface area contributed by atoms with Crippen LogP contribution in [0.5, 0.6) is 5.75 Å². The van der Waals surface area contributed by atoms with Gasteiger partial charge in [-0.05, 0) is 35.9 Å². The Hall–Kier alpha value is -2.45. The Bertz CT molecular complexity index is 981. The van der Waals surface area contributed by atoms with Crippen LogP contribution in [0.4, 0.5) is 0 Å². The molecule has 8 heteroatoms. The largest absolute Gasteiger partial charge is 0.493 e. The third kappa shape index (κ3) is 2.55. The number of rotatable bonds is 4. The van der Waals surface area contributed by atoms with Gasteiger partial charge in [0, 0.05) is 12.6 Å². The van der Waals surface area contributed by atoms with Crippen molar-refractivity contribution in [3.05, 3.63) is 54.0 Å². The van der Waals surface area contributed by atoms with Crippen molar-refractivity contribution in [2.45, 2.75) is 17.9 Å². The lowest BCUT2D eigenvalue weighted by molar-refractivity contribution is 0.356. The zero-order chi connectivity index (χ0) is 15.9. The summed E-state index contributed by atoms with van der Waals surface area (Å²) in [7, 11) is -3.61. The van der Waals surface area contributed by atoms with E-state index in [2.05, 4.69) is 14.9 Å². The van der Waals surface area contributed by atoms with Crippen LogP contribution in [0.2, 0.25) is 0 Å². The van der Waals surface area contributed by atoms with Gasteiger partial charge in [-0.1, -0.05) is 6.07 Å². The molecule has 0 radical (unpaired) electrons.